The zero-order valence-electron chi connectivity index (χ0n) is 11.5. The van der Waals surface area contributed by atoms with Crippen LogP contribution in [0.4, 0.5) is 0 Å². The maximum Gasteiger partial charge on any atom is 0.0602 e. The lowest BCUT2D eigenvalue weighted by Gasteiger charge is -2.44. The van der Waals surface area contributed by atoms with Gasteiger partial charge in [-0.15, -0.1) is 0 Å². The van der Waals surface area contributed by atoms with Crippen molar-refractivity contribution in [1.29, 1.82) is 0 Å². The van der Waals surface area contributed by atoms with Crippen LogP contribution in [0.2, 0.25) is 0 Å². The van der Waals surface area contributed by atoms with Crippen molar-refractivity contribution < 1.29 is 0 Å². The van der Waals surface area contributed by atoms with Crippen LogP contribution in [0.5, 0.6) is 0 Å². The summed E-state index contributed by atoms with van der Waals surface area (Å²) in [6.45, 7) is 4.75. The van der Waals surface area contributed by atoms with Crippen LogP contribution in [0.25, 0.3) is 0 Å². The molecular weight excluding hydrogens is 230 g/mol. The molecule has 0 amide bonds. The van der Waals surface area contributed by atoms with Crippen molar-refractivity contribution in [1.82, 2.24) is 4.90 Å². The molecule has 1 fully saturated rings. The first kappa shape index (κ1) is 12.4. The standard InChI is InChI=1S/C18H21N/c1-2-15-13-19(14-15)18(16-9-5-3-6-10-16)17-11-7-4-8-12-17/h3-12,15,18H,2,13-14H2,1H3. The first-order valence-electron chi connectivity index (χ1n) is 7.22. The van der Waals surface area contributed by atoms with Gasteiger partial charge in [0.25, 0.3) is 0 Å². The molecule has 0 N–H and O–H groups in total. The fourth-order valence-corrected chi connectivity index (χ4v) is 2.96. The van der Waals surface area contributed by atoms with E-state index in [-0.39, 0.29) is 0 Å². The summed E-state index contributed by atoms with van der Waals surface area (Å²) in [5.41, 5.74) is 2.81. The Kier molecular flexibility index (Phi) is 3.65. The molecule has 1 heteroatoms. The zero-order valence-corrected chi connectivity index (χ0v) is 11.5. The molecule has 0 atom stereocenters. The van der Waals surface area contributed by atoms with Gasteiger partial charge in [0.05, 0.1) is 6.04 Å². The molecule has 2 aromatic carbocycles. The smallest absolute Gasteiger partial charge is 0.0602 e. The molecule has 1 saturated heterocycles. The van der Waals surface area contributed by atoms with Gasteiger partial charge in [-0.1, -0.05) is 74.0 Å². The van der Waals surface area contributed by atoms with Crippen molar-refractivity contribution >= 4 is 0 Å². The first-order chi connectivity index (χ1) is 9.38. The minimum atomic E-state index is 0.421. The highest BCUT2D eigenvalue weighted by molar-refractivity contribution is 5.32. The van der Waals surface area contributed by atoms with Gasteiger partial charge in [-0.2, -0.15) is 0 Å². The third-order valence-corrected chi connectivity index (χ3v) is 4.16. The van der Waals surface area contributed by atoms with Crippen LogP contribution in [-0.4, -0.2) is 18.0 Å². The van der Waals surface area contributed by atoms with Crippen molar-refractivity contribution in [2.45, 2.75) is 19.4 Å². The van der Waals surface area contributed by atoms with Crippen molar-refractivity contribution in [2.24, 2.45) is 5.92 Å². The van der Waals surface area contributed by atoms with E-state index >= 15 is 0 Å². The quantitative estimate of drug-likeness (QED) is 0.790. The highest BCUT2D eigenvalue weighted by Gasteiger charge is 2.32. The number of nitrogens with zero attached hydrogens (tertiary/aromatic N) is 1. The molecule has 1 aliphatic rings. The minimum absolute atomic E-state index is 0.421. The first-order valence-corrected chi connectivity index (χ1v) is 7.22. The van der Waals surface area contributed by atoms with Gasteiger partial charge in [0, 0.05) is 13.1 Å². The van der Waals surface area contributed by atoms with Gasteiger partial charge < -0.3 is 0 Å². The third kappa shape index (κ3) is 2.57. The summed E-state index contributed by atoms with van der Waals surface area (Å²) in [4.78, 5) is 2.60. The lowest BCUT2D eigenvalue weighted by Crippen LogP contribution is -2.48. The van der Waals surface area contributed by atoms with Crippen molar-refractivity contribution in [3.63, 3.8) is 0 Å². The van der Waals surface area contributed by atoms with Gasteiger partial charge in [-0.05, 0) is 17.0 Å². The molecule has 98 valence electrons. The molecule has 0 spiro atoms. The Morgan fingerprint density at radius 3 is 1.79 bits per heavy atom. The number of likely N-dealkylation sites (tertiary alicyclic amines) is 1. The molecular formula is C18H21N. The van der Waals surface area contributed by atoms with Gasteiger partial charge in [0.1, 0.15) is 0 Å². The van der Waals surface area contributed by atoms with Crippen LogP contribution < -0.4 is 0 Å². The summed E-state index contributed by atoms with van der Waals surface area (Å²) in [5, 5.41) is 0. The van der Waals surface area contributed by atoms with E-state index < -0.39 is 0 Å². The monoisotopic (exact) mass is 251 g/mol. The molecule has 0 unspecified atom stereocenters. The zero-order chi connectivity index (χ0) is 13.1. The van der Waals surface area contributed by atoms with Crippen LogP contribution in [0.3, 0.4) is 0 Å². The molecule has 1 aliphatic heterocycles. The van der Waals surface area contributed by atoms with Crippen molar-refractivity contribution in [3.05, 3.63) is 71.8 Å². The Morgan fingerprint density at radius 1 is 0.895 bits per heavy atom. The Bertz CT molecular complexity index is 460. The summed E-state index contributed by atoms with van der Waals surface area (Å²) >= 11 is 0. The third-order valence-electron chi connectivity index (χ3n) is 4.16. The van der Waals surface area contributed by atoms with Crippen LogP contribution >= 0.6 is 0 Å². The lowest BCUT2D eigenvalue weighted by molar-refractivity contribution is 0.0665. The number of hydrogen-bond donors (Lipinski definition) is 0. The normalized spacial score (nSPS) is 16.5. The Hall–Kier alpha value is -1.60. The minimum Gasteiger partial charge on any atom is -0.292 e. The summed E-state index contributed by atoms with van der Waals surface area (Å²) in [6, 6.07) is 22.2. The van der Waals surface area contributed by atoms with E-state index in [1.54, 1.807) is 0 Å². The SMILES string of the molecule is CCC1CN(C(c2ccccc2)c2ccccc2)C1. The molecule has 1 heterocycles. The van der Waals surface area contributed by atoms with Crippen LogP contribution in [0, 0.1) is 5.92 Å². The molecule has 19 heavy (non-hydrogen) atoms. The Balaban J connectivity index is 1.89. The van der Waals surface area contributed by atoms with Crippen molar-refractivity contribution in [3.8, 4) is 0 Å². The summed E-state index contributed by atoms with van der Waals surface area (Å²) < 4.78 is 0. The molecule has 3 rings (SSSR count). The Morgan fingerprint density at radius 2 is 1.37 bits per heavy atom. The number of rotatable bonds is 4. The van der Waals surface area contributed by atoms with Crippen LogP contribution in [0.1, 0.15) is 30.5 Å². The van der Waals surface area contributed by atoms with Crippen molar-refractivity contribution in [2.75, 3.05) is 13.1 Å². The maximum absolute atomic E-state index is 2.60. The highest BCUT2D eigenvalue weighted by atomic mass is 15.2. The van der Waals surface area contributed by atoms with Crippen LogP contribution in [0.15, 0.2) is 60.7 Å². The van der Waals surface area contributed by atoms with Gasteiger partial charge in [0.2, 0.25) is 0 Å². The average Bonchev–Trinajstić information content (AvgIpc) is 2.44. The van der Waals surface area contributed by atoms with Crippen LogP contribution in [-0.2, 0) is 0 Å². The predicted molar refractivity (Wildman–Crippen MR) is 80.1 cm³/mol. The molecule has 1 nitrogen and oxygen atoms in total. The summed E-state index contributed by atoms with van der Waals surface area (Å²) in [6.07, 6.45) is 1.30. The second-order valence-electron chi connectivity index (χ2n) is 5.45. The molecule has 0 aromatic heterocycles. The van der Waals surface area contributed by atoms with E-state index in [9.17, 15) is 0 Å². The predicted octanol–water partition coefficient (Wildman–Crippen LogP) is 4.12. The maximum atomic E-state index is 2.60. The fraction of sp³-hybridized carbons (Fsp3) is 0.333. The molecule has 0 radical (unpaired) electrons. The molecule has 0 saturated carbocycles. The van der Waals surface area contributed by atoms with E-state index in [0.717, 1.165) is 5.92 Å². The largest absolute Gasteiger partial charge is 0.292 e. The van der Waals surface area contributed by atoms with E-state index in [2.05, 4.69) is 72.5 Å². The fourth-order valence-electron chi connectivity index (χ4n) is 2.96. The second-order valence-corrected chi connectivity index (χ2v) is 5.45. The van der Waals surface area contributed by atoms with E-state index in [4.69, 9.17) is 0 Å². The van der Waals surface area contributed by atoms with E-state index in [1.807, 2.05) is 0 Å². The van der Waals surface area contributed by atoms with E-state index in [0.29, 0.717) is 6.04 Å². The number of hydrogen-bond acceptors (Lipinski definition) is 1. The van der Waals surface area contributed by atoms with Gasteiger partial charge in [0.15, 0.2) is 0 Å². The van der Waals surface area contributed by atoms with Gasteiger partial charge >= 0.3 is 0 Å². The Labute approximate surface area is 115 Å². The molecule has 0 aliphatic carbocycles. The van der Waals surface area contributed by atoms with Gasteiger partial charge in [-0.25, -0.2) is 0 Å². The van der Waals surface area contributed by atoms with Gasteiger partial charge in [-0.3, -0.25) is 4.90 Å². The number of benzene rings is 2. The molecule has 2 aromatic rings. The highest BCUT2D eigenvalue weighted by Crippen LogP contribution is 2.34. The summed E-state index contributed by atoms with van der Waals surface area (Å²) in [7, 11) is 0. The topological polar surface area (TPSA) is 3.24 Å². The summed E-state index contributed by atoms with van der Waals surface area (Å²) in [5.74, 6) is 0.884. The van der Waals surface area contributed by atoms with E-state index in [1.165, 1.54) is 30.6 Å². The second kappa shape index (κ2) is 5.58. The average molecular weight is 251 g/mol. The molecule has 0 bridgehead atoms. The lowest BCUT2D eigenvalue weighted by atomic mass is 9.89.